The molecule has 2 rings (SSSR count). The molecule has 1 aliphatic rings. The standard InChI is InChI=1S/C18H29N3O2S2.HI/c1-19-18(21-15-5-4-6-16(13-15)24-2)20-12-11-14-7-9-17(10-8-14)25(3,22)23;/h7-10,15-16H,4-6,11-13H2,1-3H3,(H2,19,20,21);1H. The number of thioether (sulfide) groups is 1. The number of hydrogen-bond acceptors (Lipinski definition) is 4. The van der Waals surface area contributed by atoms with Crippen molar-refractivity contribution in [1.29, 1.82) is 0 Å². The zero-order valence-corrected chi connectivity index (χ0v) is 19.7. The first-order valence-electron chi connectivity index (χ1n) is 8.71. The van der Waals surface area contributed by atoms with Crippen molar-refractivity contribution in [2.75, 3.05) is 26.1 Å². The van der Waals surface area contributed by atoms with Crippen molar-refractivity contribution >= 4 is 51.5 Å². The molecule has 26 heavy (non-hydrogen) atoms. The van der Waals surface area contributed by atoms with Gasteiger partial charge in [-0.1, -0.05) is 18.6 Å². The molecule has 1 aliphatic carbocycles. The van der Waals surface area contributed by atoms with Crippen LogP contribution in [0.25, 0.3) is 0 Å². The smallest absolute Gasteiger partial charge is 0.191 e. The van der Waals surface area contributed by atoms with E-state index in [1.54, 1.807) is 19.2 Å². The highest BCUT2D eigenvalue weighted by Gasteiger charge is 2.21. The van der Waals surface area contributed by atoms with Gasteiger partial charge in [0.05, 0.1) is 4.90 Å². The summed E-state index contributed by atoms with van der Waals surface area (Å²) in [5.74, 6) is 0.847. The molecule has 0 aliphatic heterocycles. The van der Waals surface area contributed by atoms with Crippen LogP contribution in [0, 0.1) is 0 Å². The third-order valence-electron chi connectivity index (χ3n) is 4.58. The van der Waals surface area contributed by atoms with Gasteiger partial charge >= 0.3 is 0 Å². The van der Waals surface area contributed by atoms with E-state index in [9.17, 15) is 8.42 Å². The van der Waals surface area contributed by atoms with Crippen molar-refractivity contribution in [3.63, 3.8) is 0 Å². The molecule has 0 spiro atoms. The zero-order chi connectivity index (χ0) is 18.3. The Morgan fingerprint density at radius 1 is 1.27 bits per heavy atom. The minimum absolute atomic E-state index is 0. The molecule has 8 heteroatoms. The minimum Gasteiger partial charge on any atom is -0.356 e. The summed E-state index contributed by atoms with van der Waals surface area (Å²) in [6.45, 7) is 0.760. The Hall–Kier alpha value is -0.480. The number of aliphatic imine (C=N–C) groups is 1. The molecule has 1 saturated carbocycles. The lowest BCUT2D eigenvalue weighted by Crippen LogP contribution is -2.46. The summed E-state index contributed by atoms with van der Waals surface area (Å²) >= 11 is 1.96. The van der Waals surface area contributed by atoms with Gasteiger partial charge in [-0.25, -0.2) is 8.42 Å². The number of halogens is 1. The number of nitrogens with one attached hydrogen (secondary N) is 2. The second-order valence-electron chi connectivity index (χ2n) is 6.53. The Balaban J connectivity index is 0.00000338. The molecule has 1 aromatic carbocycles. The molecule has 0 bridgehead atoms. The van der Waals surface area contributed by atoms with E-state index >= 15 is 0 Å². The van der Waals surface area contributed by atoms with Gasteiger partial charge in [0.2, 0.25) is 0 Å². The van der Waals surface area contributed by atoms with Crippen molar-refractivity contribution in [2.45, 2.75) is 48.3 Å². The maximum Gasteiger partial charge on any atom is 0.191 e. The lowest BCUT2D eigenvalue weighted by Gasteiger charge is -2.29. The quantitative estimate of drug-likeness (QED) is 0.349. The summed E-state index contributed by atoms with van der Waals surface area (Å²) < 4.78 is 23.0. The Bertz CT molecular complexity index is 678. The molecular formula is C18H30IN3O2S2. The highest BCUT2D eigenvalue weighted by molar-refractivity contribution is 14.0. The van der Waals surface area contributed by atoms with Gasteiger partial charge in [-0.2, -0.15) is 11.8 Å². The van der Waals surface area contributed by atoms with Crippen LogP contribution >= 0.6 is 35.7 Å². The van der Waals surface area contributed by atoms with Crippen LogP contribution in [0.2, 0.25) is 0 Å². The van der Waals surface area contributed by atoms with E-state index in [-0.39, 0.29) is 24.0 Å². The highest BCUT2D eigenvalue weighted by atomic mass is 127. The Morgan fingerprint density at radius 3 is 2.54 bits per heavy atom. The van der Waals surface area contributed by atoms with Crippen molar-refractivity contribution in [2.24, 2.45) is 4.99 Å². The maximum atomic E-state index is 11.5. The molecule has 1 fully saturated rings. The van der Waals surface area contributed by atoms with Gasteiger partial charge in [0, 0.05) is 31.1 Å². The highest BCUT2D eigenvalue weighted by Crippen LogP contribution is 2.26. The van der Waals surface area contributed by atoms with E-state index in [0.717, 1.165) is 29.7 Å². The SMILES string of the molecule is CN=C(NCCc1ccc(S(C)(=O)=O)cc1)NC1CCCC(SC)C1.I. The van der Waals surface area contributed by atoms with E-state index in [2.05, 4.69) is 21.9 Å². The molecule has 148 valence electrons. The predicted molar refractivity (Wildman–Crippen MR) is 123 cm³/mol. The van der Waals surface area contributed by atoms with E-state index in [1.807, 2.05) is 23.9 Å². The molecule has 0 heterocycles. The molecule has 0 amide bonds. The first kappa shape index (κ1) is 23.6. The largest absolute Gasteiger partial charge is 0.356 e. The molecular weight excluding hydrogens is 481 g/mol. The van der Waals surface area contributed by atoms with Gasteiger partial charge in [0.15, 0.2) is 15.8 Å². The van der Waals surface area contributed by atoms with E-state index in [0.29, 0.717) is 10.9 Å². The average Bonchev–Trinajstić information content (AvgIpc) is 2.60. The topological polar surface area (TPSA) is 70.6 Å². The third-order valence-corrected chi connectivity index (χ3v) is 6.80. The van der Waals surface area contributed by atoms with Crippen molar-refractivity contribution in [1.82, 2.24) is 10.6 Å². The lowest BCUT2D eigenvalue weighted by molar-refractivity contribution is 0.419. The Labute approximate surface area is 179 Å². The summed E-state index contributed by atoms with van der Waals surface area (Å²) in [5, 5.41) is 7.64. The number of guanidine groups is 1. The molecule has 0 radical (unpaired) electrons. The Morgan fingerprint density at radius 2 is 1.96 bits per heavy atom. The van der Waals surface area contributed by atoms with Gasteiger partial charge in [0.1, 0.15) is 0 Å². The molecule has 5 nitrogen and oxygen atoms in total. The number of nitrogens with zero attached hydrogens (tertiary/aromatic N) is 1. The molecule has 1 aromatic rings. The number of rotatable bonds is 6. The first-order valence-corrected chi connectivity index (χ1v) is 11.9. The van der Waals surface area contributed by atoms with Crippen LogP contribution < -0.4 is 10.6 Å². The van der Waals surface area contributed by atoms with E-state index < -0.39 is 9.84 Å². The Kier molecular flexibility index (Phi) is 10.3. The summed E-state index contributed by atoms with van der Waals surface area (Å²) in [6.07, 6.45) is 9.21. The number of hydrogen-bond donors (Lipinski definition) is 2. The summed E-state index contributed by atoms with van der Waals surface area (Å²) in [4.78, 5) is 4.68. The molecule has 0 aromatic heterocycles. The van der Waals surface area contributed by atoms with Gasteiger partial charge in [-0.3, -0.25) is 4.99 Å². The predicted octanol–water partition coefficient (Wildman–Crippen LogP) is 3.09. The van der Waals surface area contributed by atoms with Crippen LogP contribution in [0.15, 0.2) is 34.2 Å². The van der Waals surface area contributed by atoms with Crippen molar-refractivity contribution in [3.8, 4) is 0 Å². The first-order chi connectivity index (χ1) is 11.9. The van der Waals surface area contributed by atoms with Crippen LogP contribution in [0.4, 0.5) is 0 Å². The zero-order valence-electron chi connectivity index (χ0n) is 15.7. The number of sulfone groups is 1. The molecule has 0 saturated heterocycles. The minimum atomic E-state index is -3.13. The van der Waals surface area contributed by atoms with Crippen LogP contribution in [-0.4, -0.2) is 51.8 Å². The molecule has 2 atom stereocenters. The molecule has 2 N–H and O–H groups in total. The fraction of sp³-hybridized carbons (Fsp3) is 0.611. The monoisotopic (exact) mass is 511 g/mol. The fourth-order valence-electron chi connectivity index (χ4n) is 3.11. The van der Waals surface area contributed by atoms with Gasteiger partial charge in [-0.05, 0) is 49.6 Å². The lowest BCUT2D eigenvalue weighted by atomic mass is 9.95. The van der Waals surface area contributed by atoms with Gasteiger partial charge in [0.25, 0.3) is 0 Å². The van der Waals surface area contributed by atoms with Crippen molar-refractivity contribution < 1.29 is 8.42 Å². The van der Waals surface area contributed by atoms with Crippen LogP contribution in [0.3, 0.4) is 0 Å². The second kappa shape index (κ2) is 11.4. The van der Waals surface area contributed by atoms with Crippen LogP contribution in [-0.2, 0) is 16.3 Å². The summed E-state index contributed by atoms with van der Waals surface area (Å²) in [5.41, 5.74) is 1.11. The normalized spacial score (nSPS) is 21.0. The summed E-state index contributed by atoms with van der Waals surface area (Å²) in [6, 6.07) is 7.58. The van der Waals surface area contributed by atoms with E-state index in [1.165, 1.54) is 31.9 Å². The number of benzene rings is 1. The van der Waals surface area contributed by atoms with E-state index in [4.69, 9.17) is 0 Å². The van der Waals surface area contributed by atoms with Crippen LogP contribution in [0.1, 0.15) is 31.2 Å². The third kappa shape index (κ3) is 7.64. The van der Waals surface area contributed by atoms with Crippen molar-refractivity contribution in [3.05, 3.63) is 29.8 Å². The fourth-order valence-corrected chi connectivity index (χ4v) is 4.56. The molecule has 2 unspecified atom stereocenters. The maximum absolute atomic E-state index is 11.5. The summed E-state index contributed by atoms with van der Waals surface area (Å²) in [7, 11) is -1.33. The second-order valence-corrected chi connectivity index (χ2v) is 9.68. The average molecular weight is 511 g/mol. The van der Waals surface area contributed by atoms with Crippen LogP contribution in [0.5, 0.6) is 0 Å². The van der Waals surface area contributed by atoms with Gasteiger partial charge < -0.3 is 10.6 Å². The van der Waals surface area contributed by atoms with Gasteiger partial charge in [-0.15, -0.1) is 24.0 Å².